The van der Waals surface area contributed by atoms with E-state index in [-0.39, 0.29) is 11.3 Å². The SMILES string of the molecule is Cc1ccc(C(N)c2ccccc2OC(F)(F)F)c(Cl)c1. The fraction of sp³-hybridized carbons (Fsp3) is 0.200. The van der Waals surface area contributed by atoms with Crippen LogP contribution in [-0.4, -0.2) is 6.36 Å². The number of hydrogen-bond acceptors (Lipinski definition) is 2. The predicted molar refractivity (Wildman–Crippen MR) is 75.3 cm³/mol. The van der Waals surface area contributed by atoms with Gasteiger partial charge >= 0.3 is 6.36 Å². The van der Waals surface area contributed by atoms with Crippen molar-refractivity contribution in [2.45, 2.75) is 19.3 Å². The van der Waals surface area contributed by atoms with Crippen molar-refractivity contribution in [1.29, 1.82) is 0 Å². The normalized spacial score (nSPS) is 13.0. The molecule has 0 saturated carbocycles. The van der Waals surface area contributed by atoms with Crippen LogP contribution in [0, 0.1) is 6.92 Å². The quantitative estimate of drug-likeness (QED) is 0.898. The Kier molecular flexibility index (Phi) is 4.44. The van der Waals surface area contributed by atoms with Gasteiger partial charge in [0.05, 0.1) is 6.04 Å². The van der Waals surface area contributed by atoms with E-state index in [0.717, 1.165) is 5.56 Å². The minimum Gasteiger partial charge on any atom is -0.405 e. The molecule has 0 aliphatic heterocycles. The third-order valence-corrected chi connectivity index (χ3v) is 3.30. The molecular formula is C15H13ClF3NO. The van der Waals surface area contributed by atoms with Gasteiger partial charge in [-0.25, -0.2) is 0 Å². The van der Waals surface area contributed by atoms with E-state index in [4.69, 9.17) is 17.3 Å². The summed E-state index contributed by atoms with van der Waals surface area (Å²) in [5.41, 5.74) is 7.76. The molecule has 0 bridgehead atoms. The lowest BCUT2D eigenvalue weighted by molar-refractivity contribution is -0.274. The molecule has 112 valence electrons. The summed E-state index contributed by atoms with van der Waals surface area (Å²) in [7, 11) is 0. The number of aryl methyl sites for hydroxylation is 1. The van der Waals surface area contributed by atoms with Crippen molar-refractivity contribution >= 4 is 11.6 Å². The zero-order valence-electron chi connectivity index (χ0n) is 11.1. The number of hydrogen-bond donors (Lipinski definition) is 1. The lowest BCUT2D eigenvalue weighted by Crippen LogP contribution is -2.20. The van der Waals surface area contributed by atoms with Crippen LogP contribution in [0.1, 0.15) is 22.7 Å². The molecule has 21 heavy (non-hydrogen) atoms. The molecule has 0 amide bonds. The molecule has 2 N–H and O–H groups in total. The first-order chi connectivity index (χ1) is 9.78. The fourth-order valence-corrected chi connectivity index (χ4v) is 2.36. The molecule has 0 heterocycles. The Bertz CT molecular complexity index is 643. The van der Waals surface area contributed by atoms with Crippen molar-refractivity contribution in [3.63, 3.8) is 0 Å². The first-order valence-corrected chi connectivity index (χ1v) is 6.52. The van der Waals surface area contributed by atoms with Gasteiger partial charge in [0.2, 0.25) is 0 Å². The second kappa shape index (κ2) is 5.95. The van der Waals surface area contributed by atoms with E-state index < -0.39 is 12.4 Å². The highest BCUT2D eigenvalue weighted by atomic mass is 35.5. The molecule has 6 heteroatoms. The van der Waals surface area contributed by atoms with Crippen LogP contribution >= 0.6 is 11.6 Å². The fourth-order valence-electron chi connectivity index (χ4n) is 2.01. The van der Waals surface area contributed by atoms with Gasteiger partial charge < -0.3 is 10.5 Å². The maximum Gasteiger partial charge on any atom is 0.573 e. The van der Waals surface area contributed by atoms with Gasteiger partial charge in [0, 0.05) is 10.6 Å². The van der Waals surface area contributed by atoms with Crippen LogP contribution in [0.2, 0.25) is 5.02 Å². The predicted octanol–water partition coefficient (Wildman–Crippen LogP) is 4.60. The van der Waals surface area contributed by atoms with Gasteiger partial charge in [0.15, 0.2) is 0 Å². The smallest absolute Gasteiger partial charge is 0.405 e. The Balaban J connectivity index is 2.41. The van der Waals surface area contributed by atoms with Crippen molar-refractivity contribution in [2.24, 2.45) is 5.73 Å². The summed E-state index contributed by atoms with van der Waals surface area (Å²) in [6.45, 7) is 1.86. The maximum absolute atomic E-state index is 12.4. The van der Waals surface area contributed by atoms with Gasteiger partial charge in [-0.2, -0.15) is 0 Å². The average Bonchev–Trinajstić information content (AvgIpc) is 2.36. The molecule has 2 aromatic carbocycles. The van der Waals surface area contributed by atoms with Gasteiger partial charge in [0.25, 0.3) is 0 Å². The van der Waals surface area contributed by atoms with Crippen LogP contribution < -0.4 is 10.5 Å². The summed E-state index contributed by atoms with van der Waals surface area (Å²) in [5, 5.41) is 0.407. The Labute approximate surface area is 125 Å². The number of para-hydroxylation sites is 1. The maximum atomic E-state index is 12.4. The average molecular weight is 316 g/mol. The molecule has 0 aliphatic carbocycles. The summed E-state index contributed by atoms with van der Waals surface area (Å²) in [6.07, 6.45) is -4.77. The van der Waals surface area contributed by atoms with Crippen molar-refractivity contribution in [1.82, 2.24) is 0 Å². The molecule has 2 nitrogen and oxygen atoms in total. The van der Waals surface area contributed by atoms with Crippen molar-refractivity contribution in [3.05, 3.63) is 64.2 Å². The Morgan fingerprint density at radius 2 is 1.76 bits per heavy atom. The first kappa shape index (κ1) is 15.7. The molecule has 0 aromatic heterocycles. The molecule has 0 saturated heterocycles. The lowest BCUT2D eigenvalue weighted by Gasteiger charge is -2.19. The summed E-state index contributed by atoms with van der Waals surface area (Å²) < 4.78 is 41.3. The standard InChI is InChI=1S/C15H13ClF3NO/c1-9-6-7-10(12(16)8-9)14(20)11-4-2-3-5-13(11)21-15(17,18)19/h2-8,14H,20H2,1H3. The number of benzene rings is 2. The van der Waals surface area contributed by atoms with Gasteiger partial charge in [-0.05, 0) is 30.2 Å². The third-order valence-electron chi connectivity index (χ3n) is 2.97. The Morgan fingerprint density at radius 3 is 2.38 bits per heavy atom. The Hall–Kier alpha value is -1.72. The van der Waals surface area contributed by atoms with Crippen molar-refractivity contribution in [2.75, 3.05) is 0 Å². The largest absolute Gasteiger partial charge is 0.573 e. The molecule has 1 unspecified atom stereocenters. The Morgan fingerprint density at radius 1 is 1.10 bits per heavy atom. The van der Waals surface area contributed by atoms with Gasteiger partial charge in [0.1, 0.15) is 5.75 Å². The molecule has 1 atom stereocenters. The molecular weight excluding hydrogens is 303 g/mol. The van der Waals surface area contributed by atoms with E-state index >= 15 is 0 Å². The highest BCUT2D eigenvalue weighted by molar-refractivity contribution is 6.31. The molecule has 2 aromatic rings. The summed E-state index contributed by atoms with van der Waals surface area (Å²) >= 11 is 6.12. The highest BCUT2D eigenvalue weighted by Crippen LogP contribution is 2.34. The molecule has 0 fully saturated rings. The zero-order chi connectivity index (χ0) is 15.6. The topological polar surface area (TPSA) is 35.2 Å². The van der Waals surface area contributed by atoms with Crippen LogP contribution in [0.3, 0.4) is 0 Å². The van der Waals surface area contributed by atoms with Crippen LogP contribution in [0.15, 0.2) is 42.5 Å². The van der Waals surface area contributed by atoms with Crippen LogP contribution in [0.25, 0.3) is 0 Å². The molecule has 0 spiro atoms. The van der Waals surface area contributed by atoms with Crippen molar-refractivity contribution < 1.29 is 17.9 Å². The minimum absolute atomic E-state index is 0.223. The van der Waals surface area contributed by atoms with Crippen LogP contribution in [-0.2, 0) is 0 Å². The monoisotopic (exact) mass is 315 g/mol. The third kappa shape index (κ3) is 3.89. The van der Waals surface area contributed by atoms with E-state index in [2.05, 4.69) is 4.74 Å². The molecule has 0 aliphatic rings. The van der Waals surface area contributed by atoms with E-state index in [1.54, 1.807) is 24.3 Å². The summed E-state index contributed by atoms with van der Waals surface area (Å²) in [6, 6.07) is 10.2. The first-order valence-electron chi connectivity index (χ1n) is 6.14. The van der Waals surface area contributed by atoms with E-state index in [0.29, 0.717) is 10.6 Å². The van der Waals surface area contributed by atoms with Gasteiger partial charge in [-0.3, -0.25) is 0 Å². The number of nitrogens with two attached hydrogens (primary N) is 1. The summed E-state index contributed by atoms with van der Waals surface area (Å²) in [5.74, 6) is -0.325. The van der Waals surface area contributed by atoms with E-state index in [9.17, 15) is 13.2 Å². The number of halogens is 4. The van der Waals surface area contributed by atoms with E-state index in [1.165, 1.54) is 18.2 Å². The van der Waals surface area contributed by atoms with E-state index in [1.807, 2.05) is 6.92 Å². The van der Waals surface area contributed by atoms with Gasteiger partial charge in [-0.15, -0.1) is 13.2 Å². The minimum atomic E-state index is -4.77. The van der Waals surface area contributed by atoms with Crippen LogP contribution in [0.4, 0.5) is 13.2 Å². The summed E-state index contributed by atoms with van der Waals surface area (Å²) in [4.78, 5) is 0. The molecule has 0 radical (unpaired) electrons. The second-order valence-corrected chi connectivity index (χ2v) is 5.00. The molecule has 2 rings (SSSR count). The number of rotatable bonds is 3. The highest BCUT2D eigenvalue weighted by Gasteiger charge is 2.32. The van der Waals surface area contributed by atoms with Crippen molar-refractivity contribution in [3.8, 4) is 5.75 Å². The lowest BCUT2D eigenvalue weighted by atomic mass is 9.98. The van der Waals surface area contributed by atoms with Gasteiger partial charge in [-0.1, -0.05) is 41.9 Å². The van der Waals surface area contributed by atoms with Crippen LogP contribution in [0.5, 0.6) is 5.75 Å². The zero-order valence-corrected chi connectivity index (χ0v) is 11.9. The number of ether oxygens (including phenoxy) is 1. The number of alkyl halides is 3. The second-order valence-electron chi connectivity index (χ2n) is 4.59.